The van der Waals surface area contributed by atoms with E-state index in [1.165, 1.54) is 5.56 Å². The van der Waals surface area contributed by atoms with Crippen molar-refractivity contribution in [2.75, 3.05) is 10.6 Å². The van der Waals surface area contributed by atoms with Crippen LogP contribution in [-0.4, -0.2) is 11.8 Å². The molecule has 4 nitrogen and oxygen atoms in total. The van der Waals surface area contributed by atoms with Crippen molar-refractivity contribution in [3.8, 4) is 0 Å². The molecule has 0 saturated carbocycles. The number of amides is 2. The van der Waals surface area contributed by atoms with Crippen molar-refractivity contribution in [1.82, 2.24) is 0 Å². The van der Waals surface area contributed by atoms with E-state index in [2.05, 4.69) is 10.6 Å². The van der Waals surface area contributed by atoms with Crippen LogP contribution in [0.2, 0.25) is 0 Å². The molecule has 0 aromatic heterocycles. The number of benzene rings is 2. The second-order valence-electron chi connectivity index (χ2n) is 8.97. The van der Waals surface area contributed by atoms with Gasteiger partial charge in [-0.1, -0.05) is 65.8 Å². The van der Waals surface area contributed by atoms with Crippen LogP contribution in [0.15, 0.2) is 48.5 Å². The van der Waals surface area contributed by atoms with E-state index in [0.29, 0.717) is 0 Å². The fourth-order valence-corrected chi connectivity index (χ4v) is 2.43. The van der Waals surface area contributed by atoms with E-state index >= 15 is 0 Å². The molecule has 2 rings (SSSR count). The summed E-state index contributed by atoms with van der Waals surface area (Å²) >= 11 is 0. The van der Waals surface area contributed by atoms with Crippen LogP contribution in [0.3, 0.4) is 0 Å². The first-order valence-corrected chi connectivity index (χ1v) is 9.82. The third-order valence-electron chi connectivity index (χ3n) is 5.01. The summed E-state index contributed by atoms with van der Waals surface area (Å²) < 4.78 is 0. The Morgan fingerprint density at radius 1 is 0.714 bits per heavy atom. The van der Waals surface area contributed by atoms with E-state index < -0.39 is 5.41 Å². The molecular formula is C24H32N2O2. The fourth-order valence-electron chi connectivity index (χ4n) is 2.43. The first kappa shape index (κ1) is 21.7. The Balaban J connectivity index is 1.97. The minimum Gasteiger partial charge on any atom is -0.326 e. The third kappa shape index (κ3) is 5.95. The number of hydrogen-bond donors (Lipinski definition) is 2. The smallest absolute Gasteiger partial charge is 0.230 e. The van der Waals surface area contributed by atoms with Crippen LogP contribution in [0.1, 0.15) is 59.1 Å². The second kappa shape index (κ2) is 8.59. The third-order valence-corrected chi connectivity index (χ3v) is 5.01. The molecule has 0 bridgehead atoms. The molecule has 0 saturated heterocycles. The SMILES string of the molecule is CCC(C)(C)C(=O)Nc1ccc(Cc2ccc(NC(=O)C(C)(C)C)cc2)cc1. The summed E-state index contributed by atoms with van der Waals surface area (Å²) in [5, 5.41) is 5.92. The van der Waals surface area contributed by atoms with Gasteiger partial charge in [-0.05, 0) is 48.2 Å². The lowest BCUT2D eigenvalue weighted by Gasteiger charge is -2.21. The number of carbonyl (C=O) groups is 2. The maximum absolute atomic E-state index is 12.3. The van der Waals surface area contributed by atoms with Gasteiger partial charge in [0.05, 0.1) is 0 Å². The lowest BCUT2D eigenvalue weighted by atomic mass is 9.89. The molecule has 2 amide bonds. The number of rotatable bonds is 6. The quantitative estimate of drug-likeness (QED) is 0.681. The Morgan fingerprint density at radius 2 is 1.11 bits per heavy atom. The Bertz CT molecular complexity index is 813. The van der Waals surface area contributed by atoms with Gasteiger partial charge in [0.1, 0.15) is 0 Å². The highest BCUT2D eigenvalue weighted by Crippen LogP contribution is 2.23. The molecule has 0 aliphatic carbocycles. The molecule has 28 heavy (non-hydrogen) atoms. The molecule has 4 heteroatoms. The first-order valence-electron chi connectivity index (χ1n) is 9.82. The standard InChI is InChI=1S/C24H32N2O2/c1-7-24(5,6)22(28)26-20-14-10-18(11-15-20)16-17-8-12-19(13-9-17)25-21(27)23(2,3)4/h8-15H,7,16H2,1-6H3,(H,25,27)(H,26,28). The highest BCUT2D eigenvalue weighted by molar-refractivity contribution is 5.95. The zero-order valence-electron chi connectivity index (χ0n) is 17.8. The van der Waals surface area contributed by atoms with Gasteiger partial charge in [0.2, 0.25) is 11.8 Å². The summed E-state index contributed by atoms with van der Waals surface area (Å²) in [6.45, 7) is 11.6. The zero-order valence-corrected chi connectivity index (χ0v) is 17.8. The van der Waals surface area contributed by atoms with Gasteiger partial charge in [0, 0.05) is 22.2 Å². The van der Waals surface area contributed by atoms with Gasteiger partial charge in [-0.2, -0.15) is 0 Å². The normalized spacial score (nSPS) is 11.8. The number of nitrogens with one attached hydrogen (secondary N) is 2. The minimum absolute atomic E-state index is 0.00383. The Morgan fingerprint density at radius 3 is 1.46 bits per heavy atom. The molecule has 0 aliphatic heterocycles. The maximum atomic E-state index is 12.3. The minimum atomic E-state index is -0.415. The Kier molecular flexibility index (Phi) is 6.65. The molecule has 0 spiro atoms. The van der Waals surface area contributed by atoms with Crippen molar-refractivity contribution in [3.05, 3.63) is 59.7 Å². The molecule has 0 fully saturated rings. The van der Waals surface area contributed by atoms with E-state index in [4.69, 9.17) is 0 Å². The molecule has 2 aromatic carbocycles. The number of carbonyl (C=O) groups excluding carboxylic acids is 2. The first-order chi connectivity index (χ1) is 13.0. The van der Waals surface area contributed by atoms with Gasteiger partial charge in [-0.3, -0.25) is 9.59 Å². The van der Waals surface area contributed by atoms with Crippen molar-refractivity contribution < 1.29 is 9.59 Å². The van der Waals surface area contributed by atoms with Crippen LogP contribution in [0, 0.1) is 10.8 Å². The maximum Gasteiger partial charge on any atom is 0.230 e. The molecular weight excluding hydrogens is 348 g/mol. The number of anilines is 2. The van der Waals surface area contributed by atoms with Crippen molar-refractivity contribution >= 4 is 23.2 Å². The van der Waals surface area contributed by atoms with E-state index in [0.717, 1.165) is 29.8 Å². The summed E-state index contributed by atoms with van der Waals surface area (Å²) in [6, 6.07) is 15.9. The molecule has 0 radical (unpaired) electrons. The van der Waals surface area contributed by atoms with E-state index in [-0.39, 0.29) is 17.2 Å². The highest BCUT2D eigenvalue weighted by Gasteiger charge is 2.25. The van der Waals surface area contributed by atoms with E-state index in [9.17, 15) is 9.59 Å². The molecule has 2 aromatic rings. The van der Waals surface area contributed by atoms with Crippen LogP contribution in [-0.2, 0) is 16.0 Å². The lowest BCUT2D eigenvalue weighted by molar-refractivity contribution is -0.124. The summed E-state index contributed by atoms with van der Waals surface area (Å²) in [6.07, 6.45) is 1.59. The molecule has 0 heterocycles. The van der Waals surface area contributed by atoms with Gasteiger partial charge in [0.15, 0.2) is 0 Å². The van der Waals surface area contributed by atoms with E-state index in [1.807, 2.05) is 90.1 Å². The van der Waals surface area contributed by atoms with Gasteiger partial charge < -0.3 is 10.6 Å². The van der Waals surface area contributed by atoms with E-state index in [1.54, 1.807) is 0 Å². The molecule has 150 valence electrons. The van der Waals surface area contributed by atoms with Gasteiger partial charge >= 0.3 is 0 Å². The summed E-state index contributed by atoms with van der Waals surface area (Å²) in [4.78, 5) is 24.3. The van der Waals surface area contributed by atoms with Crippen LogP contribution in [0.5, 0.6) is 0 Å². The predicted octanol–water partition coefficient (Wildman–Crippen LogP) is 5.64. The highest BCUT2D eigenvalue weighted by atomic mass is 16.2. The average Bonchev–Trinajstić information content (AvgIpc) is 2.64. The van der Waals surface area contributed by atoms with Gasteiger partial charge in [0.25, 0.3) is 0 Å². The van der Waals surface area contributed by atoms with Crippen LogP contribution >= 0.6 is 0 Å². The molecule has 0 aliphatic rings. The average molecular weight is 381 g/mol. The van der Waals surface area contributed by atoms with Crippen molar-refractivity contribution in [1.29, 1.82) is 0 Å². The van der Waals surface area contributed by atoms with Gasteiger partial charge in [-0.15, -0.1) is 0 Å². The van der Waals surface area contributed by atoms with Crippen molar-refractivity contribution in [2.45, 2.75) is 54.4 Å². The molecule has 2 N–H and O–H groups in total. The Labute approximate surface area is 168 Å². The largest absolute Gasteiger partial charge is 0.326 e. The lowest BCUT2D eigenvalue weighted by Crippen LogP contribution is -2.29. The topological polar surface area (TPSA) is 58.2 Å². The van der Waals surface area contributed by atoms with Gasteiger partial charge in [-0.25, -0.2) is 0 Å². The van der Waals surface area contributed by atoms with Crippen LogP contribution < -0.4 is 10.6 Å². The summed E-state index contributed by atoms with van der Waals surface area (Å²) in [7, 11) is 0. The molecule has 0 unspecified atom stereocenters. The monoisotopic (exact) mass is 380 g/mol. The van der Waals surface area contributed by atoms with Crippen molar-refractivity contribution in [3.63, 3.8) is 0 Å². The Hall–Kier alpha value is -2.62. The number of hydrogen-bond acceptors (Lipinski definition) is 2. The fraction of sp³-hybridized carbons (Fsp3) is 0.417. The van der Waals surface area contributed by atoms with Crippen molar-refractivity contribution in [2.24, 2.45) is 10.8 Å². The molecule has 0 atom stereocenters. The predicted molar refractivity (Wildman–Crippen MR) is 116 cm³/mol. The zero-order chi connectivity index (χ0) is 20.9. The second-order valence-corrected chi connectivity index (χ2v) is 8.97. The van der Waals surface area contributed by atoms with Crippen LogP contribution in [0.25, 0.3) is 0 Å². The van der Waals surface area contributed by atoms with Crippen LogP contribution in [0.4, 0.5) is 11.4 Å². The summed E-state index contributed by atoms with van der Waals surface area (Å²) in [5.41, 5.74) is 3.16. The summed E-state index contributed by atoms with van der Waals surface area (Å²) in [5.74, 6) is 0.0415.